The molecule has 0 aromatic carbocycles. The van der Waals surface area contributed by atoms with Gasteiger partial charge in [-0.05, 0) is 43.0 Å². The predicted octanol–water partition coefficient (Wildman–Crippen LogP) is 0.611. The van der Waals surface area contributed by atoms with Gasteiger partial charge in [0.1, 0.15) is 0 Å². The highest BCUT2D eigenvalue weighted by Crippen LogP contribution is 2.24. The van der Waals surface area contributed by atoms with E-state index in [1.54, 1.807) is 4.68 Å². The van der Waals surface area contributed by atoms with Crippen molar-refractivity contribution in [3.05, 3.63) is 0 Å². The Morgan fingerprint density at radius 3 is 3.10 bits per heavy atom. The molecule has 0 radical (unpaired) electrons. The summed E-state index contributed by atoms with van der Waals surface area (Å²) in [6.07, 6.45) is 4.52. The van der Waals surface area contributed by atoms with Crippen LogP contribution in [0.2, 0.25) is 0 Å². The molecule has 2 heterocycles. The van der Waals surface area contributed by atoms with Crippen molar-refractivity contribution in [1.29, 1.82) is 0 Å². The van der Waals surface area contributed by atoms with Crippen LogP contribution in [0.4, 0.5) is 0 Å². The largest absolute Gasteiger partial charge is 0.376 e. The lowest BCUT2D eigenvalue weighted by Crippen LogP contribution is -2.32. The number of amides is 1. The number of tetrazole rings is 1. The van der Waals surface area contributed by atoms with Crippen molar-refractivity contribution in [2.45, 2.75) is 61.7 Å². The maximum absolute atomic E-state index is 11.9. The number of rotatable bonds is 6. The molecule has 2 atom stereocenters. The zero-order valence-electron chi connectivity index (χ0n) is 11.5. The van der Waals surface area contributed by atoms with E-state index in [4.69, 9.17) is 4.74 Å². The van der Waals surface area contributed by atoms with E-state index in [-0.39, 0.29) is 17.3 Å². The van der Waals surface area contributed by atoms with Crippen molar-refractivity contribution >= 4 is 17.7 Å². The third-order valence-electron chi connectivity index (χ3n) is 3.47. The minimum atomic E-state index is -0.190. The average Bonchev–Trinajstić information content (AvgIpc) is 2.91. The topological polar surface area (TPSA) is 81.9 Å². The molecule has 8 heteroatoms. The molecule has 2 aliphatic rings. The Bertz CT molecular complexity index is 470. The number of thioether (sulfide) groups is 1. The third kappa shape index (κ3) is 3.49. The maximum Gasteiger partial charge on any atom is 0.233 e. The summed E-state index contributed by atoms with van der Waals surface area (Å²) in [6.45, 7) is 3.36. The smallest absolute Gasteiger partial charge is 0.233 e. The highest BCUT2D eigenvalue weighted by molar-refractivity contribution is 8.00. The fraction of sp³-hybridized carbons (Fsp3) is 0.833. The van der Waals surface area contributed by atoms with E-state index in [9.17, 15) is 4.79 Å². The Balaban J connectivity index is 1.55. The molecule has 1 aliphatic heterocycles. The molecule has 7 nitrogen and oxygen atoms in total. The first-order valence-electron chi connectivity index (χ1n) is 7.07. The molecular weight excluding hydrogens is 278 g/mol. The second kappa shape index (κ2) is 6.09. The lowest BCUT2D eigenvalue weighted by molar-refractivity contribution is -0.120. The van der Waals surface area contributed by atoms with Crippen LogP contribution in [0.1, 0.15) is 32.6 Å². The van der Waals surface area contributed by atoms with Crippen LogP contribution in [-0.2, 0) is 16.1 Å². The van der Waals surface area contributed by atoms with Gasteiger partial charge in [0, 0.05) is 12.6 Å². The van der Waals surface area contributed by atoms with Crippen molar-refractivity contribution in [3.63, 3.8) is 0 Å². The minimum Gasteiger partial charge on any atom is -0.376 e. The molecule has 3 rings (SSSR count). The van der Waals surface area contributed by atoms with E-state index in [1.807, 2.05) is 6.92 Å². The lowest BCUT2D eigenvalue weighted by atomic mass is 10.2. The summed E-state index contributed by atoms with van der Waals surface area (Å²) in [5, 5.41) is 15.2. The van der Waals surface area contributed by atoms with Gasteiger partial charge in [-0.2, -0.15) is 0 Å². The lowest BCUT2D eigenvalue weighted by Gasteiger charge is -2.13. The van der Waals surface area contributed by atoms with Crippen molar-refractivity contribution < 1.29 is 9.53 Å². The predicted molar refractivity (Wildman–Crippen MR) is 73.3 cm³/mol. The summed E-state index contributed by atoms with van der Waals surface area (Å²) < 4.78 is 7.33. The van der Waals surface area contributed by atoms with E-state index in [0.717, 1.165) is 32.3 Å². The fourth-order valence-electron chi connectivity index (χ4n) is 2.13. The second-order valence-electron chi connectivity index (χ2n) is 5.32. The molecule has 1 N–H and O–H groups in total. The number of hydrogen-bond acceptors (Lipinski definition) is 6. The third-order valence-corrected chi connectivity index (χ3v) is 4.55. The zero-order valence-corrected chi connectivity index (χ0v) is 12.3. The van der Waals surface area contributed by atoms with Crippen LogP contribution in [0.15, 0.2) is 5.16 Å². The first-order valence-corrected chi connectivity index (χ1v) is 7.95. The molecule has 2 fully saturated rings. The Hall–Kier alpha value is -1.15. The first-order chi connectivity index (χ1) is 9.72. The van der Waals surface area contributed by atoms with Crippen LogP contribution in [-0.4, -0.2) is 50.1 Å². The second-order valence-corrected chi connectivity index (χ2v) is 6.63. The van der Waals surface area contributed by atoms with Crippen LogP contribution < -0.4 is 5.32 Å². The minimum absolute atomic E-state index is 0.0594. The molecule has 0 unspecified atom stereocenters. The van der Waals surface area contributed by atoms with Crippen LogP contribution in [0.5, 0.6) is 0 Å². The number of carbonyl (C=O) groups is 1. The fourth-order valence-corrected chi connectivity index (χ4v) is 2.94. The SMILES string of the molecule is C[C@H](Sc1nnnn1C[C@@H]1CCCO1)C(=O)NC1CC1. The molecule has 0 bridgehead atoms. The standard InChI is InChI=1S/C12H19N5O2S/c1-8(11(18)13-9-4-5-9)20-12-14-15-16-17(12)7-10-3-2-6-19-10/h8-10H,2-7H2,1H3,(H,13,18)/t8-,10-/m0/s1. The van der Waals surface area contributed by atoms with Crippen LogP contribution in [0, 0.1) is 0 Å². The molecular formula is C12H19N5O2S. The molecule has 1 aliphatic carbocycles. The first kappa shape index (κ1) is 13.8. The highest BCUT2D eigenvalue weighted by atomic mass is 32.2. The molecule has 0 spiro atoms. The number of hydrogen-bond donors (Lipinski definition) is 1. The maximum atomic E-state index is 11.9. The zero-order chi connectivity index (χ0) is 13.9. The quantitative estimate of drug-likeness (QED) is 0.775. The summed E-state index contributed by atoms with van der Waals surface area (Å²) in [5.41, 5.74) is 0. The summed E-state index contributed by atoms with van der Waals surface area (Å²) >= 11 is 1.40. The molecule has 1 aromatic rings. The summed E-state index contributed by atoms with van der Waals surface area (Å²) in [7, 11) is 0. The summed E-state index contributed by atoms with van der Waals surface area (Å²) in [4.78, 5) is 11.9. The van der Waals surface area contributed by atoms with Crippen LogP contribution in [0.3, 0.4) is 0 Å². The molecule has 1 saturated carbocycles. The van der Waals surface area contributed by atoms with Gasteiger partial charge in [0.15, 0.2) is 0 Å². The van der Waals surface area contributed by atoms with E-state index < -0.39 is 0 Å². The van der Waals surface area contributed by atoms with Crippen molar-refractivity contribution in [3.8, 4) is 0 Å². The van der Waals surface area contributed by atoms with Gasteiger partial charge in [-0.15, -0.1) is 5.10 Å². The molecule has 20 heavy (non-hydrogen) atoms. The Morgan fingerprint density at radius 2 is 2.40 bits per heavy atom. The van der Waals surface area contributed by atoms with Gasteiger partial charge in [0.2, 0.25) is 11.1 Å². The number of nitrogens with zero attached hydrogens (tertiary/aromatic N) is 4. The van der Waals surface area contributed by atoms with Crippen molar-refractivity contribution in [2.24, 2.45) is 0 Å². The van der Waals surface area contributed by atoms with Gasteiger partial charge >= 0.3 is 0 Å². The highest BCUT2D eigenvalue weighted by Gasteiger charge is 2.27. The van der Waals surface area contributed by atoms with E-state index in [0.29, 0.717) is 17.7 Å². The molecule has 1 aromatic heterocycles. The van der Waals surface area contributed by atoms with Gasteiger partial charge in [-0.3, -0.25) is 4.79 Å². The molecule has 1 saturated heterocycles. The van der Waals surface area contributed by atoms with Crippen LogP contribution >= 0.6 is 11.8 Å². The van der Waals surface area contributed by atoms with Gasteiger partial charge in [-0.1, -0.05) is 11.8 Å². The number of carbonyl (C=O) groups excluding carboxylic acids is 1. The Kier molecular flexibility index (Phi) is 4.21. The van der Waals surface area contributed by atoms with Gasteiger partial charge in [0.05, 0.1) is 17.9 Å². The van der Waals surface area contributed by atoms with Gasteiger partial charge < -0.3 is 10.1 Å². The summed E-state index contributed by atoms with van der Waals surface area (Å²) in [5.74, 6) is 0.0594. The Labute approximate surface area is 121 Å². The van der Waals surface area contributed by atoms with E-state index in [2.05, 4.69) is 20.8 Å². The summed E-state index contributed by atoms with van der Waals surface area (Å²) in [6, 6.07) is 0.383. The van der Waals surface area contributed by atoms with Gasteiger partial charge in [-0.25, -0.2) is 4.68 Å². The Morgan fingerprint density at radius 1 is 1.55 bits per heavy atom. The number of aromatic nitrogens is 4. The van der Waals surface area contributed by atoms with Gasteiger partial charge in [0.25, 0.3) is 0 Å². The van der Waals surface area contributed by atoms with E-state index in [1.165, 1.54) is 11.8 Å². The van der Waals surface area contributed by atoms with Crippen molar-refractivity contribution in [1.82, 2.24) is 25.5 Å². The van der Waals surface area contributed by atoms with Crippen LogP contribution in [0.25, 0.3) is 0 Å². The molecule has 1 amide bonds. The normalized spacial score (nSPS) is 23.8. The van der Waals surface area contributed by atoms with E-state index >= 15 is 0 Å². The number of ether oxygens (including phenoxy) is 1. The molecule has 110 valence electrons. The monoisotopic (exact) mass is 297 g/mol. The average molecular weight is 297 g/mol. The number of nitrogens with one attached hydrogen (secondary N) is 1. The van der Waals surface area contributed by atoms with Crippen molar-refractivity contribution in [2.75, 3.05) is 6.61 Å².